The molecule has 5 rings (SSSR count). The molecule has 1 aliphatic heterocycles. The van der Waals surface area contributed by atoms with E-state index in [9.17, 15) is 5.11 Å². The SMILES string of the molecule is CN(c1ncc(-c2ccc(-c3cc4cn[nH]c4cn3)cc2O)nn1)C1CC(C)(C)NC(C)(C)C1.O=CO. The van der Waals surface area contributed by atoms with Gasteiger partial charge in [0.1, 0.15) is 11.4 Å². The van der Waals surface area contributed by atoms with Gasteiger partial charge >= 0.3 is 0 Å². The molecule has 1 aliphatic rings. The molecule has 37 heavy (non-hydrogen) atoms. The number of piperidine rings is 1. The molecular formula is C26H32N8O3. The molecule has 4 N–H and O–H groups in total. The lowest BCUT2D eigenvalue weighted by Gasteiger charge is -2.48. The van der Waals surface area contributed by atoms with Crippen LogP contribution in [0.2, 0.25) is 0 Å². The highest BCUT2D eigenvalue weighted by Gasteiger charge is 2.39. The number of H-pyrrole nitrogens is 1. The van der Waals surface area contributed by atoms with Crippen LogP contribution in [0.4, 0.5) is 5.95 Å². The average molecular weight is 505 g/mol. The fraction of sp³-hybridized carbons (Fsp3) is 0.385. The zero-order valence-corrected chi connectivity index (χ0v) is 21.6. The fourth-order valence-corrected chi connectivity index (χ4v) is 5.17. The molecule has 0 amide bonds. The first-order valence-corrected chi connectivity index (χ1v) is 11.9. The van der Waals surface area contributed by atoms with Gasteiger partial charge in [0.15, 0.2) is 0 Å². The van der Waals surface area contributed by atoms with Gasteiger partial charge in [0.2, 0.25) is 5.95 Å². The first kappa shape index (κ1) is 26.0. The molecule has 0 atom stereocenters. The molecule has 1 fully saturated rings. The number of nitrogens with one attached hydrogen (secondary N) is 2. The summed E-state index contributed by atoms with van der Waals surface area (Å²) >= 11 is 0. The van der Waals surface area contributed by atoms with Crippen LogP contribution in [-0.4, -0.2) is 71.2 Å². The number of aromatic nitrogens is 6. The fourth-order valence-electron chi connectivity index (χ4n) is 5.17. The standard InChI is InChI=1S/C25H30N8O.CH2O2/c1-24(2)10-17(11-25(3,4)32-24)33(5)23-27-14-21(30-31-23)18-7-6-15(9-22(18)34)19-8-16-12-28-29-20(16)13-26-19;2-1-3/h6-9,12-14,17,32,34H,10-11H2,1-5H3,(H,28,29);1H,(H,2,3). The maximum Gasteiger partial charge on any atom is 0.290 e. The molecule has 0 saturated carbocycles. The quantitative estimate of drug-likeness (QED) is 0.303. The Morgan fingerprint density at radius 3 is 2.32 bits per heavy atom. The predicted octanol–water partition coefficient (Wildman–Crippen LogP) is 3.63. The van der Waals surface area contributed by atoms with Crippen LogP contribution in [0.5, 0.6) is 5.75 Å². The summed E-state index contributed by atoms with van der Waals surface area (Å²) in [5.74, 6) is 0.682. The van der Waals surface area contributed by atoms with Gasteiger partial charge in [0.05, 0.1) is 29.8 Å². The molecule has 0 spiro atoms. The number of rotatable bonds is 4. The van der Waals surface area contributed by atoms with Gasteiger partial charge in [-0.2, -0.15) is 5.10 Å². The van der Waals surface area contributed by atoms with E-state index >= 15 is 0 Å². The molecule has 194 valence electrons. The lowest BCUT2D eigenvalue weighted by Crippen LogP contribution is -2.62. The highest BCUT2D eigenvalue weighted by atomic mass is 16.3. The van der Waals surface area contributed by atoms with E-state index in [0.29, 0.717) is 23.2 Å². The van der Waals surface area contributed by atoms with Crippen LogP contribution in [0.3, 0.4) is 0 Å². The summed E-state index contributed by atoms with van der Waals surface area (Å²) < 4.78 is 0. The first-order valence-electron chi connectivity index (χ1n) is 11.9. The Morgan fingerprint density at radius 1 is 1.00 bits per heavy atom. The maximum absolute atomic E-state index is 10.7. The summed E-state index contributed by atoms with van der Waals surface area (Å²) in [4.78, 5) is 19.5. The molecule has 1 saturated heterocycles. The number of nitrogens with zero attached hydrogens (tertiary/aromatic N) is 6. The molecule has 4 heterocycles. The smallest absolute Gasteiger partial charge is 0.290 e. The number of carbonyl (C=O) groups is 1. The summed E-state index contributed by atoms with van der Waals surface area (Å²) in [7, 11) is 2.02. The van der Waals surface area contributed by atoms with Gasteiger partial charge in [-0.15, -0.1) is 10.2 Å². The topological polar surface area (TPSA) is 153 Å². The largest absolute Gasteiger partial charge is 0.507 e. The van der Waals surface area contributed by atoms with E-state index < -0.39 is 0 Å². The van der Waals surface area contributed by atoms with Crippen molar-refractivity contribution in [2.45, 2.75) is 57.7 Å². The van der Waals surface area contributed by atoms with E-state index in [0.717, 1.165) is 35.0 Å². The molecule has 0 unspecified atom stereocenters. The number of hydrogen-bond acceptors (Lipinski definition) is 9. The highest BCUT2D eigenvalue weighted by Crippen LogP contribution is 2.34. The molecule has 1 aromatic carbocycles. The van der Waals surface area contributed by atoms with Crippen molar-refractivity contribution in [2.75, 3.05) is 11.9 Å². The van der Waals surface area contributed by atoms with Crippen molar-refractivity contribution < 1.29 is 15.0 Å². The number of aromatic amines is 1. The van der Waals surface area contributed by atoms with Crippen LogP contribution in [0.1, 0.15) is 40.5 Å². The summed E-state index contributed by atoms with van der Waals surface area (Å²) in [5.41, 5.74) is 3.57. The number of phenolic OH excluding ortho intramolecular Hbond substituents is 1. The average Bonchev–Trinajstić information content (AvgIpc) is 3.30. The van der Waals surface area contributed by atoms with Crippen LogP contribution in [0, 0.1) is 0 Å². The molecule has 0 radical (unpaired) electrons. The number of pyridine rings is 1. The van der Waals surface area contributed by atoms with E-state index in [2.05, 4.69) is 68.3 Å². The number of fused-ring (bicyclic) bond motifs is 1. The Kier molecular flexibility index (Phi) is 7.08. The zero-order chi connectivity index (χ0) is 26.8. The minimum absolute atomic E-state index is 0.0264. The Bertz CT molecular complexity index is 1370. The van der Waals surface area contributed by atoms with Gasteiger partial charge in [0.25, 0.3) is 6.47 Å². The van der Waals surface area contributed by atoms with Crippen molar-refractivity contribution in [1.29, 1.82) is 0 Å². The number of phenols is 1. The number of carboxylic acid groups (broad SMARTS) is 1. The molecule has 11 heteroatoms. The van der Waals surface area contributed by atoms with Crippen molar-refractivity contribution in [3.05, 3.63) is 42.9 Å². The number of anilines is 1. The van der Waals surface area contributed by atoms with E-state index in [1.165, 1.54) is 0 Å². The lowest BCUT2D eigenvalue weighted by atomic mass is 9.79. The van der Waals surface area contributed by atoms with Gasteiger partial charge < -0.3 is 20.4 Å². The van der Waals surface area contributed by atoms with Crippen molar-refractivity contribution in [3.63, 3.8) is 0 Å². The van der Waals surface area contributed by atoms with Crippen LogP contribution >= 0.6 is 0 Å². The second kappa shape index (κ2) is 10.1. The zero-order valence-electron chi connectivity index (χ0n) is 21.6. The lowest BCUT2D eigenvalue weighted by molar-refractivity contribution is -0.122. The van der Waals surface area contributed by atoms with E-state index in [-0.39, 0.29) is 23.3 Å². The van der Waals surface area contributed by atoms with Gasteiger partial charge in [-0.05, 0) is 58.7 Å². The maximum atomic E-state index is 10.7. The van der Waals surface area contributed by atoms with Gasteiger partial charge in [0, 0.05) is 40.7 Å². The number of benzene rings is 1. The Labute approximate surface area is 215 Å². The van der Waals surface area contributed by atoms with Gasteiger partial charge in [-0.25, -0.2) is 4.98 Å². The monoisotopic (exact) mass is 504 g/mol. The molecule has 3 aromatic heterocycles. The molecule has 11 nitrogen and oxygen atoms in total. The third-order valence-corrected chi connectivity index (χ3v) is 6.48. The normalized spacial score (nSPS) is 16.6. The molecule has 4 aromatic rings. The first-order chi connectivity index (χ1) is 17.5. The van der Waals surface area contributed by atoms with Crippen LogP contribution in [0.25, 0.3) is 33.4 Å². The summed E-state index contributed by atoms with van der Waals surface area (Å²) in [6, 6.07) is 7.64. The van der Waals surface area contributed by atoms with Gasteiger partial charge in [-0.3, -0.25) is 14.9 Å². The third-order valence-electron chi connectivity index (χ3n) is 6.48. The van der Waals surface area contributed by atoms with Crippen molar-refractivity contribution >= 4 is 23.3 Å². The second-order valence-electron chi connectivity index (χ2n) is 10.6. The Morgan fingerprint density at radius 2 is 1.70 bits per heavy atom. The molecular weight excluding hydrogens is 472 g/mol. The van der Waals surface area contributed by atoms with Crippen LogP contribution in [0.15, 0.2) is 42.9 Å². The number of hydrogen-bond donors (Lipinski definition) is 4. The van der Waals surface area contributed by atoms with Gasteiger partial charge in [-0.1, -0.05) is 6.07 Å². The van der Waals surface area contributed by atoms with Crippen molar-refractivity contribution in [1.82, 2.24) is 35.7 Å². The van der Waals surface area contributed by atoms with Crippen LogP contribution in [-0.2, 0) is 4.79 Å². The van der Waals surface area contributed by atoms with Crippen molar-refractivity contribution in [3.8, 4) is 28.3 Å². The second-order valence-corrected chi connectivity index (χ2v) is 10.6. The summed E-state index contributed by atoms with van der Waals surface area (Å²) in [6.07, 6.45) is 7.12. The molecule has 0 aliphatic carbocycles. The van der Waals surface area contributed by atoms with E-state index in [4.69, 9.17) is 9.90 Å². The Hall–Kier alpha value is -4.12. The third kappa shape index (κ3) is 5.83. The highest BCUT2D eigenvalue weighted by molar-refractivity contribution is 5.82. The minimum atomic E-state index is -0.250. The summed E-state index contributed by atoms with van der Waals surface area (Å²) in [5, 5.41) is 38.0. The predicted molar refractivity (Wildman–Crippen MR) is 141 cm³/mol. The number of aromatic hydroxyl groups is 1. The van der Waals surface area contributed by atoms with E-state index in [1.807, 2.05) is 25.2 Å². The minimum Gasteiger partial charge on any atom is -0.507 e. The van der Waals surface area contributed by atoms with Crippen molar-refractivity contribution in [2.24, 2.45) is 0 Å². The van der Waals surface area contributed by atoms with Crippen LogP contribution < -0.4 is 10.2 Å². The molecule has 0 bridgehead atoms. The van der Waals surface area contributed by atoms with E-state index in [1.54, 1.807) is 24.7 Å². The Balaban J connectivity index is 0.00000102. The summed E-state index contributed by atoms with van der Waals surface area (Å²) in [6.45, 7) is 8.66.